The number of benzene rings is 10. The molecule has 1 heterocycles. The maximum Gasteiger partial charge on any atom is 0.0465 e. The van der Waals surface area contributed by atoms with E-state index in [1.807, 2.05) is 11.3 Å². The molecule has 0 atom stereocenters. The van der Waals surface area contributed by atoms with Crippen molar-refractivity contribution in [2.75, 3.05) is 4.90 Å². The van der Waals surface area contributed by atoms with Crippen LogP contribution in [0, 0.1) is 0 Å². The number of hydrogen-bond donors (Lipinski definition) is 0. The summed E-state index contributed by atoms with van der Waals surface area (Å²) in [6.45, 7) is 4.72. The van der Waals surface area contributed by atoms with E-state index in [0.717, 1.165) is 17.1 Å². The number of anilines is 3. The van der Waals surface area contributed by atoms with E-state index < -0.39 is 0 Å². The molecule has 10 aromatic carbocycles. The largest absolute Gasteiger partial charge is 0.310 e. The summed E-state index contributed by atoms with van der Waals surface area (Å²) < 4.78 is 2.64. The van der Waals surface area contributed by atoms with Gasteiger partial charge >= 0.3 is 0 Å². The van der Waals surface area contributed by atoms with E-state index in [4.69, 9.17) is 0 Å². The van der Waals surface area contributed by atoms with Gasteiger partial charge in [0.15, 0.2) is 0 Å². The third-order valence-corrected chi connectivity index (χ3v) is 14.5. The average molecular weight is 822 g/mol. The molecule has 1 aromatic heterocycles. The summed E-state index contributed by atoms with van der Waals surface area (Å²) in [7, 11) is 0. The highest BCUT2D eigenvalue weighted by Crippen LogP contribution is 2.52. The van der Waals surface area contributed by atoms with E-state index in [9.17, 15) is 0 Å². The minimum Gasteiger partial charge on any atom is -0.310 e. The van der Waals surface area contributed by atoms with Gasteiger partial charge in [-0.2, -0.15) is 0 Å². The zero-order valence-electron chi connectivity index (χ0n) is 35.2. The van der Waals surface area contributed by atoms with Crippen LogP contribution in [0.2, 0.25) is 0 Å². The molecule has 1 aliphatic carbocycles. The van der Waals surface area contributed by atoms with Crippen LogP contribution in [0.5, 0.6) is 0 Å². The van der Waals surface area contributed by atoms with Crippen molar-refractivity contribution in [2.24, 2.45) is 0 Å². The van der Waals surface area contributed by atoms with Crippen LogP contribution < -0.4 is 4.90 Å². The van der Waals surface area contributed by atoms with Crippen molar-refractivity contribution in [2.45, 2.75) is 19.3 Å². The van der Waals surface area contributed by atoms with Gasteiger partial charge in [-0.15, -0.1) is 11.3 Å². The standard InChI is InChI=1S/C61H43NS/c1-61(2)54-23-13-11-19-49(54)50-38-37-48(39-55(50)61)62(46-33-29-43(30-34-46)41-17-7-4-8-18-41)47-35-31-45(32-36-47)58-57(44-27-25-42(26-28-44)40-15-5-3-6-16-40)51-20-9-10-21-52(51)60-59(58)53-22-12-14-24-56(53)63-60/h3-39H,1-2H3. The number of thiophene rings is 1. The molecule has 298 valence electrons. The van der Waals surface area contributed by atoms with Crippen LogP contribution in [0.1, 0.15) is 25.0 Å². The van der Waals surface area contributed by atoms with E-state index >= 15 is 0 Å². The predicted molar refractivity (Wildman–Crippen MR) is 271 cm³/mol. The van der Waals surface area contributed by atoms with Crippen molar-refractivity contribution in [1.82, 2.24) is 0 Å². The number of nitrogens with zero attached hydrogens (tertiary/aromatic N) is 1. The van der Waals surface area contributed by atoms with Crippen LogP contribution >= 0.6 is 11.3 Å². The molecule has 0 N–H and O–H groups in total. The monoisotopic (exact) mass is 821 g/mol. The summed E-state index contributed by atoms with van der Waals surface area (Å²) >= 11 is 1.90. The zero-order valence-corrected chi connectivity index (χ0v) is 36.0. The molecule has 0 spiro atoms. The van der Waals surface area contributed by atoms with Crippen LogP contribution in [0.3, 0.4) is 0 Å². The first-order chi connectivity index (χ1) is 31.0. The maximum absolute atomic E-state index is 2.43. The van der Waals surface area contributed by atoms with Crippen molar-refractivity contribution in [3.63, 3.8) is 0 Å². The molecule has 2 heteroatoms. The molecule has 0 radical (unpaired) electrons. The number of fused-ring (bicyclic) bond motifs is 8. The third-order valence-electron chi connectivity index (χ3n) is 13.3. The molecule has 63 heavy (non-hydrogen) atoms. The van der Waals surface area contributed by atoms with E-state index in [0.29, 0.717) is 0 Å². The summed E-state index contributed by atoms with van der Waals surface area (Å²) in [6, 6.07) is 82.8. The van der Waals surface area contributed by atoms with Crippen LogP contribution in [-0.2, 0) is 5.41 Å². The van der Waals surface area contributed by atoms with Crippen molar-refractivity contribution in [1.29, 1.82) is 0 Å². The fourth-order valence-corrected chi connectivity index (χ4v) is 11.4. The molecule has 0 saturated carbocycles. The lowest BCUT2D eigenvalue weighted by molar-refractivity contribution is 0.660. The van der Waals surface area contributed by atoms with E-state index in [2.05, 4.69) is 243 Å². The van der Waals surface area contributed by atoms with Gasteiger partial charge in [-0.1, -0.05) is 196 Å². The Kier molecular flexibility index (Phi) is 8.77. The Morgan fingerprint density at radius 3 is 1.48 bits per heavy atom. The van der Waals surface area contributed by atoms with Gasteiger partial charge in [-0.25, -0.2) is 0 Å². The Balaban J connectivity index is 1.05. The molecule has 12 rings (SSSR count). The Morgan fingerprint density at radius 1 is 0.349 bits per heavy atom. The molecular weight excluding hydrogens is 779 g/mol. The van der Waals surface area contributed by atoms with Gasteiger partial charge in [0.05, 0.1) is 0 Å². The van der Waals surface area contributed by atoms with Crippen molar-refractivity contribution >= 4 is 59.3 Å². The molecular formula is C61H43NS. The fourth-order valence-electron chi connectivity index (χ4n) is 10.2. The zero-order chi connectivity index (χ0) is 42.1. The predicted octanol–water partition coefficient (Wildman–Crippen LogP) is 17.7. The molecule has 0 amide bonds. The Bertz CT molecular complexity index is 3490. The topological polar surface area (TPSA) is 3.24 Å². The lowest BCUT2D eigenvalue weighted by Crippen LogP contribution is -2.16. The van der Waals surface area contributed by atoms with Crippen LogP contribution in [0.4, 0.5) is 17.1 Å². The summed E-state index contributed by atoms with van der Waals surface area (Å²) in [6.07, 6.45) is 0. The smallest absolute Gasteiger partial charge is 0.0465 e. The number of hydrogen-bond acceptors (Lipinski definition) is 2. The van der Waals surface area contributed by atoms with Crippen LogP contribution in [-0.4, -0.2) is 0 Å². The van der Waals surface area contributed by atoms with Gasteiger partial charge in [-0.05, 0) is 115 Å². The SMILES string of the molecule is CC1(C)c2ccccc2-c2ccc(N(c3ccc(-c4ccccc4)cc3)c3ccc(-c4c(-c5ccc(-c6ccccc6)cc5)c5ccccc5c5sc6ccccc6c45)cc3)cc21. The van der Waals surface area contributed by atoms with Gasteiger partial charge in [0.25, 0.3) is 0 Å². The lowest BCUT2D eigenvalue weighted by Gasteiger charge is -2.28. The Hall–Kier alpha value is -7.52. The molecule has 0 aliphatic heterocycles. The van der Waals surface area contributed by atoms with Crippen molar-refractivity contribution in [3.05, 3.63) is 236 Å². The summed E-state index contributed by atoms with van der Waals surface area (Å²) in [5.74, 6) is 0. The van der Waals surface area contributed by atoms with Gasteiger partial charge in [0.1, 0.15) is 0 Å². The first kappa shape index (κ1) is 37.3. The minimum atomic E-state index is -0.116. The Labute approximate surface area is 372 Å². The van der Waals surface area contributed by atoms with E-state index in [1.54, 1.807) is 0 Å². The van der Waals surface area contributed by atoms with E-state index in [1.165, 1.54) is 97.7 Å². The molecule has 0 saturated heterocycles. The average Bonchev–Trinajstić information content (AvgIpc) is 3.85. The van der Waals surface area contributed by atoms with Gasteiger partial charge < -0.3 is 4.90 Å². The second-order valence-corrected chi connectivity index (χ2v) is 18.3. The summed E-state index contributed by atoms with van der Waals surface area (Å²) in [5, 5.41) is 5.18. The Morgan fingerprint density at radius 2 is 0.810 bits per heavy atom. The molecule has 0 unspecified atom stereocenters. The fraction of sp³-hybridized carbons (Fsp3) is 0.0492. The van der Waals surface area contributed by atoms with E-state index in [-0.39, 0.29) is 5.41 Å². The van der Waals surface area contributed by atoms with Gasteiger partial charge in [0.2, 0.25) is 0 Å². The second kappa shape index (κ2) is 14.8. The molecule has 11 aromatic rings. The minimum absolute atomic E-state index is 0.116. The first-order valence-corrected chi connectivity index (χ1v) is 22.7. The highest BCUT2D eigenvalue weighted by atomic mass is 32.1. The van der Waals surface area contributed by atoms with Crippen LogP contribution in [0.25, 0.3) is 86.6 Å². The molecule has 0 bridgehead atoms. The normalized spacial score (nSPS) is 12.7. The first-order valence-electron chi connectivity index (χ1n) is 21.8. The summed E-state index contributed by atoms with van der Waals surface area (Å²) in [4.78, 5) is 2.43. The highest BCUT2D eigenvalue weighted by Gasteiger charge is 2.35. The van der Waals surface area contributed by atoms with Crippen molar-refractivity contribution < 1.29 is 0 Å². The van der Waals surface area contributed by atoms with Gasteiger partial charge in [0, 0.05) is 48.0 Å². The maximum atomic E-state index is 2.43. The summed E-state index contributed by atoms with van der Waals surface area (Å²) in [5.41, 5.74) is 18.5. The number of rotatable bonds is 7. The van der Waals surface area contributed by atoms with Gasteiger partial charge in [-0.3, -0.25) is 0 Å². The van der Waals surface area contributed by atoms with Crippen molar-refractivity contribution in [3.8, 4) is 55.6 Å². The molecule has 0 fully saturated rings. The lowest BCUT2D eigenvalue weighted by atomic mass is 9.82. The third kappa shape index (κ3) is 6.13. The van der Waals surface area contributed by atoms with Crippen LogP contribution in [0.15, 0.2) is 224 Å². The second-order valence-electron chi connectivity index (χ2n) is 17.2. The molecule has 1 nitrogen and oxygen atoms in total. The highest BCUT2D eigenvalue weighted by molar-refractivity contribution is 7.26. The molecule has 1 aliphatic rings. The quantitative estimate of drug-likeness (QED) is 0.155.